The highest BCUT2D eigenvalue weighted by molar-refractivity contribution is 5.63. The highest BCUT2D eigenvalue weighted by Crippen LogP contribution is 2.43. The highest BCUT2D eigenvalue weighted by Gasteiger charge is 2.35. The summed E-state index contributed by atoms with van der Waals surface area (Å²) in [5, 5.41) is 0. The molecule has 0 spiro atoms. The van der Waals surface area contributed by atoms with Crippen LogP contribution >= 0.6 is 0 Å². The number of fused-ring (bicyclic) bond motifs is 2. The second kappa shape index (κ2) is 3.80. The van der Waals surface area contributed by atoms with Crippen LogP contribution in [0.1, 0.15) is 27.2 Å². The molecule has 1 heteroatoms. The molecule has 1 nitrogen and oxygen atoms in total. The van der Waals surface area contributed by atoms with Gasteiger partial charge in [-0.05, 0) is 17.3 Å². The molecule has 2 rings (SSSR count). The molecule has 0 N–H and O–H groups in total. The Labute approximate surface area is 92.3 Å². The number of hydrogen-bond acceptors (Lipinski definition) is 1. The van der Waals surface area contributed by atoms with Gasteiger partial charge in [-0.3, -0.25) is 4.99 Å². The van der Waals surface area contributed by atoms with Crippen molar-refractivity contribution in [1.82, 2.24) is 0 Å². The number of rotatable bonds is 0. The van der Waals surface area contributed by atoms with Crippen molar-refractivity contribution in [3.63, 3.8) is 0 Å². The van der Waals surface area contributed by atoms with Crippen LogP contribution < -0.4 is 0 Å². The van der Waals surface area contributed by atoms with E-state index in [4.69, 9.17) is 0 Å². The molecule has 2 unspecified atom stereocenters. The topological polar surface area (TPSA) is 12.4 Å². The molecular weight excluding hydrogens is 182 g/mol. The zero-order valence-corrected chi connectivity index (χ0v) is 9.77. The normalized spacial score (nSPS) is 35.0. The van der Waals surface area contributed by atoms with E-state index in [1.807, 2.05) is 12.4 Å². The van der Waals surface area contributed by atoms with E-state index >= 15 is 0 Å². The van der Waals surface area contributed by atoms with E-state index < -0.39 is 0 Å². The molecule has 0 saturated heterocycles. The molecule has 1 aliphatic carbocycles. The Morgan fingerprint density at radius 2 is 2.13 bits per heavy atom. The second-order valence-corrected chi connectivity index (χ2v) is 5.06. The van der Waals surface area contributed by atoms with Crippen molar-refractivity contribution in [3.05, 3.63) is 36.1 Å². The van der Waals surface area contributed by atoms with Crippen molar-refractivity contribution in [2.24, 2.45) is 22.2 Å². The third-order valence-corrected chi connectivity index (χ3v) is 3.74. The molecule has 2 aliphatic rings. The Bertz CT molecular complexity index is 356. The van der Waals surface area contributed by atoms with Crippen molar-refractivity contribution in [1.29, 1.82) is 0 Å². The van der Waals surface area contributed by atoms with Crippen molar-refractivity contribution >= 4 is 6.21 Å². The monoisotopic (exact) mass is 201 g/mol. The predicted octanol–water partition coefficient (Wildman–Crippen LogP) is 3.75. The molecule has 0 amide bonds. The first kappa shape index (κ1) is 10.4. The summed E-state index contributed by atoms with van der Waals surface area (Å²) >= 11 is 0. The Morgan fingerprint density at radius 1 is 1.33 bits per heavy atom. The molecule has 0 aromatic carbocycles. The van der Waals surface area contributed by atoms with Crippen molar-refractivity contribution < 1.29 is 0 Å². The molecule has 1 aliphatic heterocycles. The molecular formula is C14H19N. The Morgan fingerprint density at radius 3 is 2.93 bits per heavy atom. The third-order valence-electron chi connectivity index (χ3n) is 3.74. The van der Waals surface area contributed by atoms with Gasteiger partial charge in [0.1, 0.15) is 0 Å². The van der Waals surface area contributed by atoms with E-state index in [1.165, 1.54) is 5.57 Å². The van der Waals surface area contributed by atoms with E-state index in [0.717, 1.165) is 6.42 Å². The first-order valence-electron chi connectivity index (χ1n) is 5.68. The smallest absolute Gasteiger partial charge is 0.0227 e. The van der Waals surface area contributed by atoms with Gasteiger partial charge in [0, 0.05) is 18.8 Å². The minimum Gasteiger partial charge on any atom is -0.269 e. The molecule has 15 heavy (non-hydrogen) atoms. The van der Waals surface area contributed by atoms with Crippen LogP contribution in [0, 0.1) is 17.3 Å². The summed E-state index contributed by atoms with van der Waals surface area (Å²) in [6.07, 6.45) is 14.0. The van der Waals surface area contributed by atoms with Gasteiger partial charge in [-0.15, -0.1) is 0 Å². The van der Waals surface area contributed by atoms with E-state index in [0.29, 0.717) is 11.8 Å². The minimum atomic E-state index is 0.242. The SMILES string of the molecule is CC1C=CC=C2CC=N/C=C\C1C2(C)C. The van der Waals surface area contributed by atoms with E-state index in [2.05, 4.69) is 50.1 Å². The van der Waals surface area contributed by atoms with Crippen LogP contribution in [-0.4, -0.2) is 6.21 Å². The maximum Gasteiger partial charge on any atom is 0.0227 e. The van der Waals surface area contributed by atoms with Gasteiger partial charge in [-0.2, -0.15) is 0 Å². The lowest BCUT2D eigenvalue weighted by Gasteiger charge is -2.37. The first-order valence-corrected chi connectivity index (χ1v) is 5.68. The second-order valence-electron chi connectivity index (χ2n) is 5.06. The molecule has 0 fully saturated rings. The quantitative estimate of drug-likeness (QED) is 0.566. The van der Waals surface area contributed by atoms with Crippen LogP contribution in [0.5, 0.6) is 0 Å². The van der Waals surface area contributed by atoms with Crippen molar-refractivity contribution in [2.45, 2.75) is 27.2 Å². The molecule has 2 bridgehead atoms. The van der Waals surface area contributed by atoms with E-state index in [1.54, 1.807) is 0 Å². The molecule has 2 atom stereocenters. The molecule has 1 heterocycles. The molecule has 0 saturated carbocycles. The van der Waals surface area contributed by atoms with Gasteiger partial charge in [0.15, 0.2) is 0 Å². The number of nitrogens with zero attached hydrogens (tertiary/aromatic N) is 1. The van der Waals surface area contributed by atoms with Crippen LogP contribution in [0.4, 0.5) is 0 Å². The Hall–Kier alpha value is -1.11. The Balaban J connectivity index is 2.49. The zero-order valence-electron chi connectivity index (χ0n) is 9.77. The summed E-state index contributed by atoms with van der Waals surface area (Å²) in [6, 6.07) is 0. The maximum atomic E-state index is 4.28. The molecule has 0 aromatic heterocycles. The van der Waals surface area contributed by atoms with Gasteiger partial charge in [0.05, 0.1) is 0 Å². The van der Waals surface area contributed by atoms with Gasteiger partial charge < -0.3 is 0 Å². The lowest BCUT2D eigenvalue weighted by atomic mass is 9.68. The summed E-state index contributed by atoms with van der Waals surface area (Å²) < 4.78 is 0. The summed E-state index contributed by atoms with van der Waals surface area (Å²) in [6.45, 7) is 6.97. The first-order chi connectivity index (χ1) is 7.12. The molecule has 0 radical (unpaired) electrons. The van der Waals surface area contributed by atoms with Crippen molar-refractivity contribution in [3.8, 4) is 0 Å². The summed E-state index contributed by atoms with van der Waals surface area (Å²) in [4.78, 5) is 4.28. The van der Waals surface area contributed by atoms with Crippen LogP contribution in [0.15, 0.2) is 41.1 Å². The number of hydrogen-bond donors (Lipinski definition) is 0. The largest absolute Gasteiger partial charge is 0.269 e. The number of allylic oxidation sites excluding steroid dienone is 5. The predicted molar refractivity (Wildman–Crippen MR) is 65.9 cm³/mol. The van der Waals surface area contributed by atoms with Gasteiger partial charge in [-0.1, -0.05) is 50.6 Å². The average molecular weight is 201 g/mol. The highest BCUT2D eigenvalue weighted by atomic mass is 14.7. The summed E-state index contributed by atoms with van der Waals surface area (Å²) in [5.74, 6) is 1.14. The van der Waals surface area contributed by atoms with Gasteiger partial charge in [0.25, 0.3) is 0 Å². The minimum absolute atomic E-state index is 0.242. The zero-order chi connectivity index (χ0) is 10.9. The Kier molecular flexibility index (Phi) is 2.64. The van der Waals surface area contributed by atoms with Crippen LogP contribution in [0.2, 0.25) is 0 Å². The fourth-order valence-corrected chi connectivity index (χ4v) is 2.65. The standard InChI is InChI=1S/C14H19N/c1-11-5-4-6-12-7-9-15-10-8-13(11)14(12,2)3/h4-6,8-11,13H,7H2,1-3H3/b10-8-,15-9?. The fourth-order valence-electron chi connectivity index (χ4n) is 2.65. The van der Waals surface area contributed by atoms with E-state index in [-0.39, 0.29) is 5.41 Å². The van der Waals surface area contributed by atoms with Crippen LogP contribution in [-0.2, 0) is 0 Å². The lowest BCUT2D eigenvalue weighted by molar-refractivity contribution is 0.268. The summed E-state index contributed by atoms with van der Waals surface area (Å²) in [5.41, 5.74) is 1.73. The maximum absolute atomic E-state index is 4.28. The fraction of sp³-hybridized carbons (Fsp3) is 0.500. The van der Waals surface area contributed by atoms with Crippen LogP contribution in [0.25, 0.3) is 0 Å². The van der Waals surface area contributed by atoms with Gasteiger partial charge >= 0.3 is 0 Å². The summed E-state index contributed by atoms with van der Waals surface area (Å²) in [7, 11) is 0. The third kappa shape index (κ3) is 1.83. The van der Waals surface area contributed by atoms with Crippen LogP contribution in [0.3, 0.4) is 0 Å². The average Bonchev–Trinajstić information content (AvgIpc) is 2.29. The van der Waals surface area contributed by atoms with E-state index in [9.17, 15) is 0 Å². The van der Waals surface area contributed by atoms with Gasteiger partial charge in [0.2, 0.25) is 0 Å². The number of aliphatic imine (C=N–C) groups is 1. The lowest BCUT2D eigenvalue weighted by Crippen LogP contribution is -2.29. The molecule has 0 aromatic rings. The van der Waals surface area contributed by atoms with Gasteiger partial charge in [-0.25, -0.2) is 0 Å². The van der Waals surface area contributed by atoms with Crippen molar-refractivity contribution in [2.75, 3.05) is 0 Å². The molecule has 80 valence electrons.